The van der Waals surface area contributed by atoms with Gasteiger partial charge in [-0.3, -0.25) is 4.79 Å². The van der Waals surface area contributed by atoms with Crippen molar-refractivity contribution in [2.45, 2.75) is 51.7 Å². The van der Waals surface area contributed by atoms with Gasteiger partial charge in [0.1, 0.15) is 5.78 Å². The lowest BCUT2D eigenvalue weighted by Gasteiger charge is -2.26. The summed E-state index contributed by atoms with van der Waals surface area (Å²) in [6.45, 7) is 3.55. The average Bonchev–Trinajstić information content (AvgIpc) is 2.96. The second-order valence-electron chi connectivity index (χ2n) is 7.22. The summed E-state index contributed by atoms with van der Waals surface area (Å²) in [6.07, 6.45) is 6.00. The first kappa shape index (κ1) is 17.9. The summed E-state index contributed by atoms with van der Waals surface area (Å²) in [5.74, 6) is 0.944. The van der Waals surface area contributed by atoms with E-state index in [1.807, 2.05) is 24.3 Å². The molecule has 0 bridgehead atoms. The van der Waals surface area contributed by atoms with Crippen molar-refractivity contribution in [3.8, 4) is 0 Å². The van der Waals surface area contributed by atoms with Crippen LogP contribution in [0.1, 0.15) is 44.6 Å². The Bertz CT molecular complexity index is 536. The summed E-state index contributed by atoms with van der Waals surface area (Å²) >= 11 is 5.93. The maximum Gasteiger partial charge on any atom is 0.157 e. The zero-order chi connectivity index (χ0) is 16.9. The highest BCUT2D eigenvalue weighted by Crippen LogP contribution is 2.35. The monoisotopic (exact) mass is 350 g/mol. The standard InChI is InChI=1S/C20H27ClO3/c1-14(13-24-19-4-2-3-11-23-19)18-10-7-16(20(18)22)12-15-5-8-17(21)9-6-15/h5-6,8-9,14,16,18-19H,2-4,7,10-13H2,1H3. The molecule has 1 saturated heterocycles. The van der Waals surface area contributed by atoms with Gasteiger partial charge >= 0.3 is 0 Å². The van der Waals surface area contributed by atoms with Crippen molar-refractivity contribution in [2.75, 3.05) is 13.2 Å². The number of ketones is 1. The molecule has 1 aromatic carbocycles. The molecule has 1 aliphatic heterocycles. The third kappa shape index (κ3) is 4.59. The smallest absolute Gasteiger partial charge is 0.157 e. The van der Waals surface area contributed by atoms with Crippen LogP contribution in [0.2, 0.25) is 5.02 Å². The molecular formula is C20H27ClO3. The fourth-order valence-electron chi connectivity index (χ4n) is 3.86. The van der Waals surface area contributed by atoms with Gasteiger partial charge in [-0.25, -0.2) is 0 Å². The lowest BCUT2D eigenvalue weighted by Crippen LogP contribution is -2.29. The van der Waals surface area contributed by atoms with Gasteiger partial charge in [-0.2, -0.15) is 0 Å². The Morgan fingerprint density at radius 2 is 2.00 bits per heavy atom. The van der Waals surface area contributed by atoms with Crippen molar-refractivity contribution in [2.24, 2.45) is 17.8 Å². The number of halogens is 1. The van der Waals surface area contributed by atoms with Gasteiger partial charge in [0.05, 0.1) is 6.61 Å². The lowest BCUT2D eigenvalue weighted by atomic mass is 9.89. The van der Waals surface area contributed by atoms with E-state index in [0.29, 0.717) is 12.4 Å². The Labute approximate surface area is 149 Å². The summed E-state index contributed by atoms with van der Waals surface area (Å²) < 4.78 is 11.5. The SMILES string of the molecule is CC(COC1CCCCO1)C1CCC(Cc2ccc(Cl)cc2)C1=O. The van der Waals surface area contributed by atoms with Crippen LogP contribution in [-0.4, -0.2) is 25.3 Å². The van der Waals surface area contributed by atoms with Crippen LogP contribution in [0.3, 0.4) is 0 Å². The maximum atomic E-state index is 12.8. The van der Waals surface area contributed by atoms with E-state index in [1.54, 1.807) is 0 Å². The van der Waals surface area contributed by atoms with Crippen LogP contribution < -0.4 is 0 Å². The van der Waals surface area contributed by atoms with Crippen LogP contribution in [0.15, 0.2) is 24.3 Å². The van der Waals surface area contributed by atoms with Crippen molar-refractivity contribution in [1.82, 2.24) is 0 Å². The van der Waals surface area contributed by atoms with E-state index >= 15 is 0 Å². The first-order valence-electron chi connectivity index (χ1n) is 9.15. The zero-order valence-electron chi connectivity index (χ0n) is 14.4. The molecule has 1 heterocycles. The first-order valence-corrected chi connectivity index (χ1v) is 9.52. The van der Waals surface area contributed by atoms with E-state index in [-0.39, 0.29) is 24.0 Å². The summed E-state index contributed by atoms with van der Waals surface area (Å²) in [6, 6.07) is 7.84. The van der Waals surface area contributed by atoms with Gasteiger partial charge < -0.3 is 9.47 Å². The number of rotatable bonds is 6. The van der Waals surface area contributed by atoms with Crippen molar-refractivity contribution < 1.29 is 14.3 Å². The summed E-state index contributed by atoms with van der Waals surface area (Å²) in [7, 11) is 0. The highest BCUT2D eigenvalue weighted by atomic mass is 35.5. The highest BCUT2D eigenvalue weighted by molar-refractivity contribution is 6.30. The Morgan fingerprint density at radius 3 is 2.71 bits per heavy atom. The van der Waals surface area contributed by atoms with Crippen molar-refractivity contribution in [3.05, 3.63) is 34.9 Å². The molecule has 1 saturated carbocycles. The molecule has 0 aromatic heterocycles. The quantitative estimate of drug-likeness (QED) is 0.748. The Kier molecular flexibility index (Phi) is 6.31. The Balaban J connectivity index is 1.48. The number of carbonyl (C=O) groups is 1. The molecular weight excluding hydrogens is 324 g/mol. The fourth-order valence-corrected chi connectivity index (χ4v) is 3.98. The molecule has 1 aliphatic carbocycles. The molecule has 0 spiro atoms. The van der Waals surface area contributed by atoms with E-state index in [1.165, 1.54) is 12.0 Å². The van der Waals surface area contributed by atoms with E-state index < -0.39 is 0 Å². The lowest BCUT2D eigenvalue weighted by molar-refractivity contribution is -0.171. The molecule has 1 aromatic rings. The van der Waals surface area contributed by atoms with E-state index in [2.05, 4.69) is 6.92 Å². The molecule has 4 heteroatoms. The van der Waals surface area contributed by atoms with E-state index in [9.17, 15) is 4.79 Å². The van der Waals surface area contributed by atoms with Crippen molar-refractivity contribution in [3.63, 3.8) is 0 Å². The van der Waals surface area contributed by atoms with Gasteiger partial charge in [0.2, 0.25) is 0 Å². The average molecular weight is 351 g/mol. The van der Waals surface area contributed by atoms with Crippen LogP contribution in [0.4, 0.5) is 0 Å². The van der Waals surface area contributed by atoms with Crippen LogP contribution in [0.25, 0.3) is 0 Å². The van der Waals surface area contributed by atoms with Gasteiger partial charge in [0.15, 0.2) is 6.29 Å². The van der Waals surface area contributed by atoms with Crippen molar-refractivity contribution in [1.29, 1.82) is 0 Å². The predicted molar refractivity (Wildman–Crippen MR) is 95.1 cm³/mol. The minimum Gasteiger partial charge on any atom is -0.353 e. The topological polar surface area (TPSA) is 35.5 Å². The number of ether oxygens (including phenoxy) is 2. The second-order valence-corrected chi connectivity index (χ2v) is 7.66. The minimum atomic E-state index is -0.0671. The summed E-state index contributed by atoms with van der Waals surface area (Å²) in [4.78, 5) is 12.8. The molecule has 0 radical (unpaired) electrons. The molecule has 0 N–H and O–H groups in total. The normalized spacial score (nSPS) is 28.9. The van der Waals surface area contributed by atoms with Crippen molar-refractivity contribution >= 4 is 17.4 Å². The Morgan fingerprint density at radius 1 is 1.21 bits per heavy atom. The minimum absolute atomic E-state index is 0.0671. The summed E-state index contributed by atoms with van der Waals surface area (Å²) in [5.41, 5.74) is 1.19. The second kappa shape index (κ2) is 8.46. The number of benzene rings is 1. The van der Waals surface area contributed by atoms with E-state index in [4.69, 9.17) is 21.1 Å². The van der Waals surface area contributed by atoms with Gasteiger partial charge in [-0.05, 0) is 62.1 Å². The molecule has 3 nitrogen and oxygen atoms in total. The highest BCUT2D eigenvalue weighted by Gasteiger charge is 2.37. The molecule has 132 valence electrons. The third-order valence-corrected chi connectivity index (χ3v) is 5.61. The molecule has 4 unspecified atom stereocenters. The molecule has 24 heavy (non-hydrogen) atoms. The van der Waals surface area contributed by atoms with Gasteiger partial charge in [0, 0.05) is 23.5 Å². The number of carbonyl (C=O) groups excluding carboxylic acids is 1. The first-order chi connectivity index (χ1) is 11.6. The van der Waals surface area contributed by atoms with Crippen LogP contribution in [0.5, 0.6) is 0 Å². The number of Topliss-reactive ketones (excluding diaryl/α,β-unsaturated/α-hetero) is 1. The zero-order valence-corrected chi connectivity index (χ0v) is 15.1. The van der Waals surface area contributed by atoms with Gasteiger partial charge in [-0.1, -0.05) is 30.7 Å². The maximum absolute atomic E-state index is 12.8. The van der Waals surface area contributed by atoms with E-state index in [0.717, 1.165) is 43.7 Å². The molecule has 2 fully saturated rings. The third-order valence-electron chi connectivity index (χ3n) is 5.36. The number of hydrogen-bond acceptors (Lipinski definition) is 3. The molecule has 4 atom stereocenters. The van der Waals surface area contributed by atoms with Crippen LogP contribution >= 0.6 is 11.6 Å². The molecule has 3 rings (SSSR count). The molecule has 2 aliphatic rings. The fraction of sp³-hybridized carbons (Fsp3) is 0.650. The number of hydrogen-bond donors (Lipinski definition) is 0. The van der Waals surface area contributed by atoms with Gasteiger partial charge in [-0.15, -0.1) is 0 Å². The Hall–Kier alpha value is -0.900. The largest absolute Gasteiger partial charge is 0.353 e. The molecule has 0 amide bonds. The summed E-state index contributed by atoms with van der Waals surface area (Å²) in [5, 5.41) is 0.741. The predicted octanol–water partition coefficient (Wildman–Crippen LogP) is 4.66. The van der Waals surface area contributed by atoms with Gasteiger partial charge in [0.25, 0.3) is 0 Å². The van der Waals surface area contributed by atoms with Crippen LogP contribution in [-0.2, 0) is 20.7 Å². The van der Waals surface area contributed by atoms with Crippen LogP contribution in [0, 0.1) is 17.8 Å².